The molecule has 0 fully saturated rings. The maximum Gasteiger partial charge on any atom is 0.263 e. The highest BCUT2D eigenvalue weighted by atomic mass is 16.5. The number of amides is 2. The van der Waals surface area contributed by atoms with E-state index in [1.54, 1.807) is 19.9 Å². The van der Waals surface area contributed by atoms with Gasteiger partial charge in [0.2, 0.25) is 5.91 Å². The molecule has 0 atom stereocenters. The lowest BCUT2D eigenvalue weighted by Gasteiger charge is -2.16. The molecule has 134 valence electrons. The monoisotopic (exact) mass is 354 g/mol. The molecule has 26 heavy (non-hydrogen) atoms. The standard InChI is InChI=1S/C18H18N4O4/c1-9-15(17(19)24)18(25)22(3)10(2)16(9)20-14(23)8-12-11-6-4-5-7-13(11)26-21-12/h4-7H,8H2,1-3H3,(H2,19,24)(H,20,23). The topological polar surface area (TPSA) is 120 Å². The van der Waals surface area contributed by atoms with Crippen LogP contribution in [0.4, 0.5) is 5.69 Å². The van der Waals surface area contributed by atoms with Gasteiger partial charge in [-0.05, 0) is 31.5 Å². The Morgan fingerprint density at radius 1 is 1.27 bits per heavy atom. The van der Waals surface area contributed by atoms with Crippen LogP contribution in [0.2, 0.25) is 0 Å². The van der Waals surface area contributed by atoms with Gasteiger partial charge in [0.25, 0.3) is 11.5 Å². The van der Waals surface area contributed by atoms with Crippen molar-refractivity contribution in [3.05, 3.63) is 57.1 Å². The van der Waals surface area contributed by atoms with Gasteiger partial charge in [-0.3, -0.25) is 14.4 Å². The van der Waals surface area contributed by atoms with Crippen molar-refractivity contribution in [3.63, 3.8) is 0 Å². The summed E-state index contributed by atoms with van der Waals surface area (Å²) in [6, 6.07) is 7.24. The van der Waals surface area contributed by atoms with E-state index in [1.807, 2.05) is 18.2 Å². The fraction of sp³-hybridized carbons (Fsp3) is 0.222. The second-order valence-electron chi connectivity index (χ2n) is 6.04. The smallest absolute Gasteiger partial charge is 0.263 e. The van der Waals surface area contributed by atoms with Gasteiger partial charge >= 0.3 is 0 Å². The van der Waals surface area contributed by atoms with E-state index in [1.165, 1.54) is 11.6 Å². The molecule has 0 spiro atoms. The van der Waals surface area contributed by atoms with Crippen molar-refractivity contribution in [1.29, 1.82) is 0 Å². The van der Waals surface area contributed by atoms with Crippen LogP contribution in [0.15, 0.2) is 33.6 Å². The fourth-order valence-electron chi connectivity index (χ4n) is 2.92. The molecule has 3 N–H and O–H groups in total. The first-order valence-electron chi connectivity index (χ1n) is 7.94. The predicted octanol–water partition coefficient (Wildman–Crippen LogP) is 1.42. The molecule has 2 amide bonds. The minimum atomic E-state index is -0.832. The first-order valence-corrected chi connectivity index (χ1v) is 7.94. The first-order chi connectivity index (χ1) is 12.3. The third-order valence-electron chi connectivity index (χ3n) is 4.42. The Labute approximate surface area is 148 Å². The molecule has 0 aliphatic carbocycles. The van der Waals surface area contributed by atoms with Gasteiger partial charge in [0.1, 0.15) is 11.3 Å². The maximum absolute atomic E-state index is 12.5. The molecule has 0 aliphatic heterocycles. The van der Waals surface area contributed by atoms with Gasteiger partial charge in [-0.2, -0.15) is 0 Å². The highest BCUT2D eigenvalue weighted by Crippen LogP contribution is 2.22. The van der Waals surface area contributed by atoms with Crippen molar-refractivity contribution in [1.82, 2.24) is 9.72 Å². The second-order valence-corrected chi connectivity index (χ2v) is 6.04. The number of benzene rings is 1. The van der Waals surface area contributed by atoms with Gasteiger partial charge < -0.3 is 20.1 Å². The Kier molecular flexibility index (Phi) is 4.33. The van der Waals surface area contributed by atoms with Gasteiger partial charge in [-0.25, -0.2) is 0 Å². The van der Waals surface area contributed by atoms with Crippen LogP contribution >= 0.6 is 0 Å². The fourth-order valence-corrected chi connectivity index (χ4v) is 2.92. The van der Waals surface area contributed by atoms with Crippen LogP contribution in [-0.4, -0.2) is 21.5 Å². The molecule has 1 aromatic carbocycles. The number of hydrogen-bond donors (Lipinski definition) is 2. The number of carbonyl (C=O) groups excluding carboxylic acids is 2. The number of fused-ring (bicyclic) bond motifs is 1. The number of nitrogens with two attached hydrogens (primary N) is 1. The predicted molar refractivity (Wildman–Crippen MR) is 96.0 cm³/mol. The van der Waals surface area contributed by atoms with Crippen LogP contribution in [0, 0.1) is 13.8 Å². The van der Waals surface area contributed by atoms with E-state index in [-0.39, 0.29) is 17.9 Å². The van der Waals surface area contributed by atoms with Crippen LogP contribution in [0.5, 0.6) is 0 Å². The molecule has 8 heteroatoms. The van der Waals surface area contributed by atoms with E-state index >= 15 is 0 Å². The van der Waals surface area contributed by atoms with E-state index < -0.39 is 11.5 Å². The maximum atomic E-state index is 12.5. The van der Waals surface area contributed by atoms with E-state index in [2.05, 4.69) is 10.5 Å². The van der Waals surface area contributed by atoms with Gasteiger partial charge in [-0.1, -0.05) is 17.3 Å². The Balaban J connectivity index is 1.95. The van der Waals surface area contributed by atoms with Gasteiger partial charge in [0, 0.05) is 18.1 Å². The zero-order chi connectivity index (χ0) is 19.0. The third kappa shape index (κ3) is 2.85. The van der Waals surface area contributed by atoms with Crippen molar-refractivity contribution >= 4 is 28.5 Å². The van der Waals surface area contributed by atoms with Crippen molar-refractivity contribution in [2.45, 2.75) is 20.3 Å². The zero-order valence-electron chi connectivity index (χ0n) is 14.6. The minimum Gasteiger partial charge on any atom is -0.365 e. The Morgan fingerprint density at radius 3 is 2.65 bits per heavy atom. The van der Waals surface area contributed by atoms with E-state index in [4.69, 9.17) is 10.3 Å². The summed E-state index contributed by atoms with van der Waals surface area (Å²) < 4.78 is 6.48. The van der Waals surface area contributed by atoms with Crippen LogP contribution in [0.25, 0.3) is 11.0 Å². The molecule has 0 bridgehead atoms. The van der Waals surface area contributed by atoms with Crippen molar-refractivity contribution in [2.75, 3.05) is 5.32 Å². The average Bonchev–Trinajstić information content (AvgIpc) is 3.00. The van der Waals surface area contributed by atoms with E-state index in [0.717, 1.165) is 5.39 Å². The lowest BCUT2D eigenvalue weighted by molar-refractivity contribution is -0.115. The molecule has 0 radical (unpaired) electrons. The second kappa shape index (κ2) is 6.47. The molecule has 0 saturated carbocycles. The lowest BCUT2D eigenvalue weighted by Crippen LogP contribution is -2.32. The van der Waals surface area contributed by atoms with Crippen LogP contribution in [0.1, 0.15) is 27.3 Å². The molecule has 3 rings (SSSR count). The highest BCUT2D eigenvalue weighted by molar-refractivity contribution is 5.99. The molecule has 2 heterocycles. The minimum absolute atomic E-state index is 0.00929. The Bertz CT molecular complexity index is 1090. The largest absolute Gasteiger partial charge is 0.365 e. The number of para-hydroxylation sites is 1. The zero-order valence-corrected chi connectivity index (χ0v) is 14.6. The number of carbonyl (C=O) groups is 2. The van der Waals surface area contributed by atoms with Gasteiger partial charge in [0.15, 0.2) is 5.58 Å². The van der Waals surface area contributed by atoms with Gasteiger partial charge in [0.05, 0.1) is 12.1 Å². The number of nitrogens with one attached hydrogen (secondary N) is 1. The van der Waals surface area contributed by atoms with E-state index in [9.17, 15) is 14.4 Å². The van der Waals surface area contributed by atoms with Crippen molar-refractivity contribution in [3.8, 4) is 0 Å². The van der Waals surface area contributed by atoms with Crippen LogP contribution in [-0.2, 0) is 18.3 Å². The number of aromatic nitrogens is 2. The summed E-state index contributed by atoms with van der Waals surface area (Å²) in [6.45, 7) is 3.26. The normalized spacial score (nSPS) is 10.9. The quantitative estimate of drug-likeness (QED) is 0.734. The van der Waals surface area contributed by atoms with Crippen LogP contribution in [0.3, 0.4) is 0 Å². The average molecular weight is 354 g/mol. The summed E-state index contributed by atoms with van der Waals surface area (Å²) in [7, 11) is 1.52. The number of nitrogens with zero attached hydrogens (tertiary/aromatic N) is 2. The Morgan fingerprint density at radius 2 is 1.96 bits per heavy atom. The highest BCUT2D eigenvalue weighted by Gasteiger charge is 2.21. The molecule has 0 unspecified atom stereocenters. The molecular formula is C18H18N4O4. The van der Waals surface area contributed by atoms with Crippen molar-refractivity contribution in [2.24, 2.45) is 12.8 Å². The molecule has 3 aromatic rings. The summed E-state index contributed by atoms with van der Waals surface area (Å²) in [5.41, 5.74) is 7.05. The molecule has 0 aliphatic rings. The lowest BCUT2D eigenvalue weighted by atomic mass is 10.1. The molecule has 0 saturated heterocycles. The Hall–Kier alpha value is -3.42. The van der Waals surface area contributed by atoms with Crippen LogP contribution < -0.4 is 16.6 Å². The molecule has 8 nitrogen and oxygen atoms in total. The molecule has 2 aromatic heterocycles. The third-order valence-corrected chi connectivity index (χ3v) is 4.42. The number of primary amides is 1. The summed E-state index contributed by atoms with van der Waals surface area (Å²) in [4.78, 5) is 36.3. The number of rotatable bonds is 4. The summed E-state index contributed by atoms with van der Waals surface area (Å²) in [6.07, 6.45) is -0.00929. The SMILES string of the molecule is Cc1c(NC(=O)Cc2noc3ccccc23)c(C)n(C)c(=O)c1C(N)=O. The number of anilines is 1. The van der Waals surface area contributed by atoms with E-state index in [0.29, 0.717) is 28.2 Å². The number of hydrogen-bond acceptors (Lipinski definition) is 5. The molecular weight excluding hydrogens is 336 g/mol. The summed E-state index contributed by atoms with van der Waals surface area (Å²) in [5.74, 6) is -1.18. The first kappa shape index (κ1) is 17.4. The number of pyridine rings is 1. The van der Waals surface area contributed by atoms with Gasteiger partial charge in [-0.15, -0.1) is 0 Å². The summed E-state index contributed by atoms with van der Waals surface area (Å²) >= 11 is 0. The summed E-state index contributed by atoms with van der Waals surface area (Å²) in [5, 5.41) is 7.45. The van der Waals surface area contributed by atoms with Crippen molar-refractivity contribution < 1.29 is 14.1 Å².